The van der Waals surface area contributed by atoms with Gasteiger partial charge in [-0.25, -0.2) is 0 Å². The highest BCUT2D eigenvalue weighted by atomic mass is 16.1. The van der Waals surface area contributed by atoms with Crippen molar-refractivity contribution in [3.8, 4) is 0 Å². The Labute approximate surface area is 108 Å². The molecule has 1 heterocycles. The van der Waals surface area contributed by atoms with Crippen molar-refractivity contribution in [3.05, 3.63) is 35.5 Å². The predicted molar refractivity (Wildman–Crippen MR) is 74.8 cm³/mol. The summed E-state index contributed by atoms with van der Waals surface area (Å²) in [6, 6.07) is 6.55. The van der Waals surface area contributed by atoms with Crippen molar-refractivity contribution in [2.24, 2.45) is 0 Å². The van der Waals surface area contributed by atoms with Gasteiger partial charge in [-0.15, -0.1) is 0 Å². The van der Waals surface area contributed by atoms with Crippen LogP contribution in [0.5, 0.6) is 0 Å². The maximum atomic E-state index is 10.9. The number of fused-ring (bicyclic) bond motifs is 1. The van der Waals surface area contributed by atoms with E-state index in [9.17, 15) is 4.79 Å². The number of hydrogen-bond acceptors (Lipinski definition) is 1. The van der Waals surface area contributed by atoms with E-state index in [1.807, 2.05) is 6.20 Å². The summed E-state index contributed by atoms with van der Waals surface area (Å²) in [4.78, 5) is 14.1. The van der Waals surface area contributed by atoms with E-state index in [-0.39, 0.29) is 5.91 Å². The lowest BCUT2D eigenvalue weighted by Gasteiger charge is -2.06. The van der Waals surface area contributed by atoms with Gasteiger partial charge in [0.2, 0.25) is 5.91 Å². The molecule has 1 amide bonds. The molecule has 0 aliphatic carbocycles. The molecule has 0 bridgehead atoms. The van der Waals surface area contributed by atoms with E-state index in [2.05, 4.69) is 42.3 Å². The second-order valence-electron chi connectivity index (χ2n) is 5.01. The molecule has 18 heavy (non-hydrogen) atoms. The fourth-order valence-corrected chi connectivity index (χ4v) is 2.14. The first kappa shape index (κ1) is 12.7. The maximum Gasteiger partial charge on any atom is 0.216 e. The minimum Gasteiger partial charge on any atom is -0.361 e. The third-order valence-electron chi connectivity index (χ3n) is 3.23. The number of aromatic nitrogens is 1. The smallest absolute Gasteiger partial charge is 0.216 e. The van der Waals surface area contributed by atoms with Crippen LogP contribution in [0.15, 0.2) is 24.4 Å². The molecule has 0 aliphatic heterocycles. The molecule has 0 radical (unpaired) electrons. The van der Waals surface area contributed by atoms with E-state index >= 15 is 0 Å². The number of amides is 1. The van der Waals surface area contributed by atoms with Crippen LogP contribution in [0.2, 0.25) is 0 Å². The number of carbonyl (C=O) groups is 1. The van der Waals surface area contributed by atoms with Crippen LogP contribution in [0.25, 0.3) is 10.9 Å². The van der Waals surface area contributed by atoms with Crippen LogP contribution < -0.4 is 5.32 Å². The van der Waals surface area contributed by atoms with Gasteiger partial charge in [0.15, 0.2) is 0 Å². The van der Waals surface area contributed by atoms with Gasteiger partial charge in [0.25, 0.3) is 0 Å². The molecule has 0 aliphatic rings. The molecule has 1 aromatic carbocycles. The highest BCUT2D eigenvalue weighted by Crippen LogP contribution is 2.24. The van der Waals surface area contributed by atoms with E-state index in [0.29, 0.717) is 12.5 Å². The molecule has 96 valence electrons. The standard InChI is InChI=1S/C15H20N2O/c1-10(2)12-4-5-15-14(8-12)13(9-17-15)6-7-16-11(3)18/h4-5,8-10,17H,6-7H2,1-3H3,(H,16,18). The van der Waals surface area contributed by atoms with Gasteiger partial charge >= 0.3 is 0 Å². The van der Waals surface area contributed by atoms with Gasteiger partial charge in [-0.3, -0.25) is 4.79 Å². The van der Waals surface area contributed by atoms with Crippen LogP contribution in [0.1, 0.15) is 37.8 Å². The quantitative estimate of drug-likeness (QED) is 0.853. The summed E-state index contributed by atoms with van der Waals surface area (Å²) in [5.41, 5.74) is 3.78. The predicted octanol–water partition coefficient (Wildman–Crippen LogP) is 2.97. The fraction of sp³-hybridized carbons (Fsp3) is 0.400. The number of nitrogens with one attached hydrogen (secondary N) is 2. The molecule has 0 saturated carbocycles. The Bertz CT molecular complexity index is 555. The average Bonchev–Trinajstić information content (AvgIpc) is 2.71. The van der Waals surface area contributed by atoms with Crippen molar-refractivity contribution in [2.45, 2.75) is 33.1 Å². The largest absolute Gasteiger partial charge is 0.361 e. The van der Waals surface area contributed by atoms with Gasteiger partial charge < -0.3 is 10.3 Å². The van der Waals surface area contributed by atoms with Crippen LogP contribution in [0.4, 0.5) is 0 Å². The monoisotopic (exact) mass is 244 g/mol. The SMILES string of the molecule is CC(=O)NCCc1c[nH]c2ccc(C(C)C)cc12. The van der Waals surface area contributed by atoms with Crippen LogP contribution in [0, 0.1) is 0 Å². The Morgan fingerprint density at radius 1 is 1.39 bits per heavy atom. The minimum absolute atomic E-state index is 0.0257. The third-order valence-corrected chi connectivity index (χ3v) is 3.23. The minimum atomic E-state index is 0.0257. The number of carbonyl (C=O) groups excluding carboxylic acids is 1. The van der Waals surface area contributed by atoms with Crippen LogP contribution in [-0.2, 0) is 11.2 Å². The van der Waals surface area contributed by atoms with Crippen molar-refractivity contribution < 1.29 is 4.79 Å². The molecular formula is C15H20N2O. The van der Waals surface area contributed by atoms with Crippen molar-refractivity contribution in [3.63, 3.8) is 0 Å². The highest BCUT2D eigenvalue weighted by molar-refractivity contribution is 5.84. The zero-order chi connectivity index (χ0) is 13.1. The molecular weight excluding hydrogens is 224 g/mol. The lowest BCUT2D eigenvalue weighted by atomic mass is 10.00. The topological polar surface area (TPSA) is 44.9 Å². The van der Waals surface area contributed by atoms with Gasteiger partial charge in [0.05, 0.1) is 0 Å². The number of benzene rings is 1. The van der Waals surface area contributed by atoms with Crippen LogP contribution in [0.3, 0.4) is 0 Å². The fourth-order valence-electron chi connectivity index (χ4n) is 2.14. The first-order valence-electron chi connectivity index (χ1n) is 6.42. The molecule has 3 heteroatoms. The summed E-state index contributed by atoms with van der Waals surface area (Å²) in [7, 11) is 0. The molecule has 1 aromatic heterocycles. The van der Waals surface area contributed by atoms with Gasteiger partial charge in [0.1, 0.15) is 0 Å². The summed E-state index contributed by atoms with van der Waals surface area (Å²) in [5.74, 6) is 0.560. The number of aromatic amines is 1. The van der Waals surface area contributed by atoms with Gasteiger partial charge in [-0.2, -0.15) is 0 Å². The molecule has 2 rings (SSSR count). The van der Waals surface area contributed by atoms with Crippen molar-refractivity contribution in [1.29, 1.82) is 0 Å². The molecule has 0 fully saturated rings. The van der Waals surface area contributed by atoms with Gasteiger partial charge in [-0.1, -0.05) is 19.9 Å². The van der Waals surface area contributed by atoms with Crippen LogP contribution >= 0.6 is 0 Å². The Kier molecular flexibility index (Phi) is 3.70. The first-order chi connectivity index (χ1) is 8.58. The van der Waals surface area contributed by atoms with Crippen molar-refractivity contribution in [2.75, 3.05) is 6.54 Å². The lowest BCUT2D eigenvalue weighted by Crippen LogP contribution is -2.22. The molecule has 2 N–H and O–H groups in total. The van der Waals surface area contributed by atoms with Crippen LogP contribution in [-0.4, -0.2) is 17.4 Å². The summed E-state index contributed by atoms with van der Waals surface area (Å²) in [6.45, 7) is 6.63. The van der Waals surface area contributed by atoms with E-state index in [0.717, 1.165) is 11.9 Å². The van der Waals surface area contributed by atoms with Crippen molar-refractivity contribution >= 4 is 16.8 Å². The molecule has 0 saturated heterocycles. The third kappa shape index (κ3) is 2.73. The Morgan fingerprint density at radius 2 is 2.17 bits per heavy atom. The second kappa shape index (κ2) is 5.25. The zero-order valence-corrected chi connectivity index (χ0v) is 11.2. The Hall–Kier alpha value is -1.77. The average molecular weight is 244 g/mol. The highest BCUT2D eigenvalue weighted by Gasteiger charge is 2.06. The Morgan fingerprint density at radius 3 is 2.83 bits per heavy atom. The van der Waals surface area contributed by atoms with E-state index < -0.39 is 0 Å². The van der Waals surface area contributed by atoms with Crippen molar-refractivity contribution in [1.82, 2.24) is 10.3 Å². The molecule has 0 spiro atoms. The summed E-state index contributed by atoms with van der Waals surface area (Å²) >= 11 is 0. The first-order valence-corrected chi connectivity index (χ1v) is 6.42. The van der Waals surface area contributed by atoms with E-state index in [1.54, 1.807) is 6.92 Å². The lowest BCUT2D eigenvalue weighted by molar-refractivity contribution is -0.118. The van der Waals surface area contributed by atoms with Gasteiger partial charge in [-0.05, 0) is 35.6 Å². The summed E-state index contributed by atoms with van der Waals surface area (Å²) < 4.78 is 0. The Balaban J connectivity index is 2.22. The molecule has 0 unspecified atom stereocenters. The summed E-state index contributed by atoms with van der Waals surface area (Å²) in [6.07, 6.45) is 2.90. The van der Waals surface area contributed by atoms with Gasteiger partial charge in [0, 0.05) is 30.6 Å². The van der Waals surface area contributed by atoms with E-state index in [1.165, 1.54) is 16.5 Å². The number of rotatable bonds is 4. The summed E-state index contributed by atoms with van der Waals surface area (Å²) in [5, 5.41) is 4.10. The number of H-pyrrole nitrogens is 1. The normalized spacial score (nSPS) is 11.1. The maximum absolute atomic E-state index is 10.9. The molecule has 2 aromatic rings. The molecule has 0 atom stereocenters. The van der Waals surface area contributed by atoms with E-state index in [4.69, 9.17) is 0 Å². The zero-order valence-electron chi connectivity index (χ0n) is 11.2. The second-order valence-corrected chi connectivity index (χ2v) is 5.01. The number of hydrogen-bond donors (Lipinski definition) is 2. The molecule has 3 nitrogen and oxygen atoms in total.